The van der Waals surface area contributed by atoms with E-state index >= 15 is 0 Å². The number of rotatable bonds is 0. The summed E-state index contributed by atoms with van der Waals surface area (Å²) in [4.78, 5) is 4.74. The third-order valence-corrected chi connectivity index (χ3v) is 4.81. The number of benzene rings is 2. The number of para-hydroxylation sites is 1. The van der Waals surface area contributed by atoms with Crippen molar-refractivity contribution in [2.24, 2.45) is 0 Å². The second-order valence-corrected chi connectivity index (χ2v) is 6.32. The quantitative estimate of drug-likeness (QED) is 0.395. The first kappa shape index (κ1) is 12.2. The molecule has 106 valence electrons. The van der Waals surface area contributed by atoms with Crippen LogP contribution in [0.2, 0.25) is 0 Å². The maximum Gasteiger partial charge on any atom is 0.241 e. The Morgan fingerprint density at radius 1 is 1.00 bits per heavy atom. The zero-order valence-corrected chi connectivity index (χ0v) is 13.2. The first-order chi connectivity index (χ1) is 10.8. The third-order valence-electron chi connectivity index (χ3n) is 4.18. The topological polar surface area (TPSA) is 26.5 Å². The monoisotopic (exact) mass is 350 g/mol. The summed E-state index contributed by atoms with van der Waals surface area (Å²) in [5, 5.41) is 2.29. The molecule has 0 fully saturated rings. The Morgan fingerprint density at radius 2 is 1.77 bits per heavy atom. The fourth-order valence-electron chi connectivity index (χ4n) is 3.12. The van der Waals surface area contributed by atoms with E-state index in [-0.39, 0.29) is 0 Å². The van der Waals surface area contributed by atoms with Crippen LogP contribution >= 0.6 is 15.9 Å². The van der Waals surface area contributed by atoms with Crippen LogP contribution in [0, 0.1) is 0 Å². The molecule has 0 radical (unpaired) electrons. The van der Waals surface area contributed by atoms with Gasteiger partial charge in [-0.25, -0.2) is 0 Å². The predicted molar refractivity (Wildman–Crippen MR) is 89.7 cm³/mol. The number of aromatic nitrogens is 2. The second-order valence-electron chi connectivity index (χ2n) is 5.47. The lowest BCUT2D eigenvalue weighted by atomic mass is 10.1. The minimum Gasteiger partial charge on any atom is -0.437 e. The van der Waals surface area contributed by atoms with Crippen LogP contribution in [-0.4, -0.2) is 9.38 Å². The number of imidazole rings is 1. The summed E-state index contributed by atoms with van der Waals surface area (Å²) in [6, 6.07) is 16.4. The summed E-state index contributed by atoms with van der Waals surface area (Å²) < 4.78 is 9.21. The average Bonchev–Trinajstić information content (AvgIpc) is 2.91. The Labute approximate surface area is 135 Å². The fourth-order valence-corrected chi connectivity index (χ4v) is 3.67. The number of hydrogen-bond acceptors (Lipinski definition) is 2. The summed E-state index contributed by atoms with van der Waals surface area (Å²) in [7, 11) is 0. The van der Waals surface area contributed by atoms with E-state index in [2.05, 4.69) is 44.7 Å². The van der Waals surface area contributed by atoms with Gasteiger partial charge >= 0.3 is 0 Å². The van der Waals surface area contributed by atoms with Crippen molar-refractivity contribution in [3.63, 3.8) is 0 Å². The molecule has 4 heteroatoms. The summed E-state index contributed by atoms with van der Waals surface area (Å²) in [6.45, 7) is 0. The summed E-state index contributed by atoms with van der Waals surface area (Å²) in [5.74, 6) is 1.61. The van der Waals surface area contributed by atoms with Crippen LogP contribution in [0.5, 0.6) is 11.6 Å². The molecule has 22 heavy (non-hydrogen) atoms. The molecule has 5 rings (SSSR count). The van der Waals surface area contributed by atoms with Crippen molar-refractivity contribution in [3.8, 4) is 11.6 Å². The molecule has 0 unspecified atom stereocenters. The van der Waals surface area contributed by atoms with Crippen LogP contribution < -0.4 is 4.74 Å². The molecule has 3 nitrogen and oxygen atoms in total. The van der Waals surface area contributed by atoms with Gasteiger partial charge in [0, 0.05) is 33.4 Å². The average molecular weight is 351 g/mol. The van der Waals surface area contributed by atoms with Crippen molar-refractivity contribution in [2.45, 2.75) is 6.42 Å². The standard InChI is InChI=1S/C18H11BrN2O/c19-14-10-21-15-9-11-5-1-4-8-16(11)22-18(15)20-17(21)13-7-3-2-6-12(13)14/h1-8,10H,9H2. The van der Waals surface area contributed by atoms with Crippen LogP contribution in [0.25, 0.3) is 16.4 Å². The second kappa shape index (κ2) is 4.34. The van der Waals surface area contributed by atoms with Crippen LogP contribution in [0.3, 0.4) is 0 Å². The normalized spacial score (nSPS) is 13.0. The van der Waals surface area contributed by atoms with E-state index in [1.165, 1.54) is 5.56 Å². The van der Waals surface area contributed by atoms with E-state index in [4.69, 9.17) is 9.72 Å². The zero-order valence-electron chi connectivity index (χ0n) is 11.6. The van der Waals surface area contributed by atoms with Gasteiger partial charge in [0.15, 0.2) is 0 Å². The van der Waals surface area contributed by atoms with Gasteiger partial charge in [-0.05, 0) is 22.0 Å². The highest BCUT2D eigenvalue weighted by Gasteiger charge is 2.23. The fraction of sp³-hybridized carbons (Fsp3) is 0.0556. The molecule has 1 aliphatic heterocycles. The summed E-state index contributed by atoms with van der Waals surface area (Å²) >= 11 is 3.67. The third kappa shape index (κ3) is 1.58. The molecule has 0 saturated heterocycles. The van der Waals surface area contributed by atoms with Crippen molar-refractivity contribution in [1.82, 2.24) is 9.38 Å². The molecule has 2 aromatic carbocycles. The number of fused-ring (bicyclic) bond motifs is 6. The minimum absolute atomic E-state index is 0.710. The van der Waals surface area contributed by atoms with E-state index in [1.54, 1.807) is 0 Å². The van der Waals surface area contributed by atoms with E-state index < -0.39 is 0 Å². The van der Waals surface area contributed by atoms with Crippen molar-refractivity contribution < 1.29 is 4.74 Å². The smallest absolute Gasteiger partial charge is 0.241 e. The molecule has 0 saturated carbocycles. The molecule has 0 bridgehead atoms. The highest BCUT2D eigenvalue weighted by Crippen LogP contribution is 2.38. The lowest BCUT2D eigenvalue weighted by Crippen LogP contribution is -2.04. The van der Waals surface area contributed by atoms with Gasteiger partial charge in [0.1, 0.15) is 11.4 Å². The van der Waals surface area contributed by atoms with Crippen LogP contribution in [0.15, 0.2) is 59.2 Å². The molecule has 0 aliphatic carbocycles. The summed E-state index contributed by atoms with van der Waals surface area (Å²) in [5.41, 5.74) is 3.23. The highest BCUT2D eigenvalue weighted by atomic mass is 79.9. The summed E-state index contributed by atoms with van der Waals surface area (Å²) in [6.07, 6.45) is 2.91. The maximum absolute atomic E-state index is 6.00. The molecule has 4 aromatic rings. The predicted octanol–water partition coefficient (Wildman–Crippen LogP) is 4.95. The molecule has 0 N–H and O–H groups in total. The van der Waals surface area contributed by atoms with Crippen molar-refractivity contribution in [3.05, 3.63) is 70.5 Å². The van der Waals surface area contributed by atoms with Gasteiger partial charge in [-0.1, -0.05) is 42.5 Å². The Hall–Kier alpha value is -2.33. The molecule has 0 spiro atoms. The van der Waals surface area contributed by atoms with Crippen LogP contribution in [0.1, 0.15) is 11.3 Å². The van der Waals surface area contributed by atoms with Gasteiger partial charge in [-0.15, -0.1) is 0 Å². The van der Waals surface area contributed by atoms with Gasteiger partial charge in [-0.2, -0.15) is 4.98 Å². The maximum atomic E-state index is 6.00. The molecule has 1 aliphatic rings. The largest absolute Gasteiger partial charge is 0.437 e. The number of halogens is 1. The molecular weight excluding hydrogens is 340 g/mol. The van der Waals surface area contributed by atoms with Crippen molar-refractivity contribution >= 4 is 32.3 Å². The van der Waals surface area contributed by atoms with Gasteiger partial charge in [-0.3, -0.25) is 4.40 Å². The number of pyridine rings is 1. The Bertz CT molecular complexity index is 1050. The first-order valence-corrected chi connectivity index (χ1v) is 7.94. The molecule has 0 atom stereocenters. The Balaban J connectivity index is 1.85. The molecule has 3 heterocycles. The number of hydrogen-bond donors (Lipinski definition) is 0. The SMILES string of the molecule is Brc1cn2c3c(nc2c2ccccc12)Oc1ccccc1C3. The van der Waals surface area contributed by atoms with E-state index in [0.717, 1.165) is 38.8 Å². The zero-order chi connectivity index (χ0) is 14.7. The number of nitrogens with zero attached hydrogens (tertiary/aromatic N) is 2. The van der Waals surface area contributed by atoms with Gasteiger partial charge in [0.05, 0.1) is 5.69 Å². The minimum atomic E-state index is 0.710. The molecule has 0 amide bonds. The Kier molecular flexibility index (Phi) is 2.41. The van der Waals surface area contributed by atoms with Crippen molar-refractivity contribution in [1.29, 1.82) is 0 Å². The molecular formula is C18H11BrN2O. The number of ether oxygens (including phenoxy) is 1. The van der Waals surface area contributed by atoms with Crippen LogP contribution in [-0.2, 0) is 6.42 Å². The molecule has 2 aromatic heterocycles. The highest BCUT2D eigenvalue weighted by molar-refractivity contribution is 9.10. The van der Waals surface area contributed by atoms with Gasteiger partial charge in [0.2, 0.25) is 5.88 Å². The van der Waals surface area contributed by atoms with Crippen LogP contribution in [0.4, 0.5) is 0 Å². The van der Waals surface area contributed by atoms with Gasteiger partial charge in [0.25, 0.3) is 0 Å². The Morgan fingerprint density at radius 3 is 2.68 bits per heavy atom. The van der Waals surface area contributed by atoms with E-state index in [1.807, 2.05) is 30.3 Å². The van der Waals surface area contributed by atoms with E-state index in [0.29, 0.717) is 5.88 Å². The van der Waals surface area contributed by atoms with Crippen molar-refractivity contribution in [2.75, 3.05) is 0 Å². The first-order valence-electron chi connectivity index (χ1n) is 7.15. The lowest BCUT2D eigenvalue weighted by molar-refractivity contribution is 0.443. The van der Waals surface area contributed by atoms with E-state index in [9.17, 15) is 0 Å². The van der Waals surface area contributed by atoms with Gasteiger partial charge < -0.3 is 4.74 Å². The lowest BCUT2D eigenvalue weighted by Gasteiger charge is -2.16.